The van der Waals surface area contributed by atoms with Gasteiger partial charge in [0, 0.05) is 0 Å². The van der Waals surface area contributed by atoms with Crippen molar-refractivity contribution in [2.45, 2.75) is 37.6 Å². The van der Waals surface area contributed by atoms with Crippen LogP contribution >= 0.6 is 0 Å². The molecule has 3 nitrogen and oxygen atoms in total. The van der Waals surface area contributed by atoms with Crippen LogP contribution in [0.2, 0.25) is 0 Å². The number of rotatable bonds is 5. The zero-order valence-corrected chi connectivity index (χ0v) is 13.4. The number of sulfonamides is 1. The van der Waals surface area contributed by atoms with Crippen LogP contribution in [-0.2, 0) is 22.0 Å². The minimum atomic E-state index is -3.54. The topological polar surface area (TPSA) is 46.2 Å². The highest BCUT2D eigenvalue weighted by Gasteiger charge is 2.27. The second kappa shape index (κ2) is 6.00. The van der Waals surface area contributed by atoms with Gasteiger partial charge in [0.25, 0.3) is 0 Å². The van der Waals surface area contributed by atoms with Gasteiger partial charge in [-0.2, -0.15) is 0 Å². The standard InChI is InChI=1S/C17H21NO2S/c1-4-14-10-12-16(13-11-14)21(19,20)18-17(2,3)15-8-6-5-7-9-15/h5-13,18H,4H2,1-3H3. The van der Waals surface area contributed by atoms with E-state index in [2.05, 4.69) is 4.72 Å². The van der Waals surface area contributed by atoms with E-state index >= 15 is 0 Å². The molecule has 2 aromatic carbocycles. The van der Waals surface area contributed by atoms with Gasteiger partial charge < -0.3 is 0 Å². The first kappa shape index (κ1) is 15.7. The fourth-order valence-corrected chi connectivity index (χ4v) is 3.61. The van der Waals surface area contributed by atoms with Crippen molar-refractivity contribution in [2.75, 3.05) is 0 Å². The van der Waals surface area contributed by atoms with Crippen LogP contribution in [0.4, 0.5) is 0 Å². The van der Waals surface area contributed by atoms with E-state index in [1.165, 1.54) is 0 Å². The van der Waals surface area contributed by atoms with E-state index in [0.717, 1.165) is 17.5 Å². The third-order valence-corrected chi connectivity index (χ3v) is 5.20. The molecular formula is C17H21NO2S. The molecule has 112 valence electrons. The monoisotopic (exact) mass is 303 g/mol. The summed E-state index contributed by atoms with van der Waals surface area (Å²) in [6.07, 6.45) is 0.892. The van der Waals surface area contributed by atoms with Gasteiger partial charge in [0.15, 0.2) is 0 Å². The van der Waals surface area contributed by atoms with Crippen LogP contribution in [0.3, 0.4) is 0 Å². The minimum Gasteiger partial charge on any atom is -0.207 e. The molecule has 0 aliphatic rings. The molecule has 1 N–H and O–H groups in total. The van der Waals surface area contributed by atoms with Crippen LogP contribution in [0.5, 0.6) is 0 Å². The molecule has 21 heavy (non-hydrogen) atoms. The molecule has 0 aliphatic heterocycles. The van der Waals surface area contributed by atoms with Crippen LogP contribution in [0.25, 0.3) is 0 Å². The lowest BCUT2D eigenvalue weighted by atomic mass is 9.96. The van der Waals surface area contributed by atoms with Gasteiger partial charge >= 0.3 is 0 Å². The van der Waals surface area contributed by atoms with E-state index in [4.69, 9.17) is 0 Å². The van der Waals surface area contributed by atoms with Gasteiger partial charge in [-0.25, -0.2) is 13.1 Å². The highest BCUT2D eigenvalue weighted by atomic mass is 32.2. The van der Waals surface area contributed by atoms with Crippen LogP contribution in [-0.4, -0.2) is 8.42 Å². The lowest BCUT2D eigenvalue weighted by Gasteiger charge is -2.26. The lowest BCUT2D eigenvalue weighted by Crippen LogP contribution is -2.40. The largest absolute Gasteiger partial charge is 0.241 e. The first-order chi connectivity index (χ1) is 9.85. The Morgan fingerprint density at radius 1 is 0.952 bits per heavy atom. The van der Waals surface area contributed by atoms with Crippen molar-refractivity contribution >= 4 is 10.0 Å². The molecule has 0 aliphatic carbocycles. The third-order valence-electron chi connectivity index (χ3n) is 3.53. The Morgan fingerprint density at radius 2 is 1.52 bits per heavy atom. The summed E-state index contributed by atoms with van der Waals surface area (Å²) in [5, 5.41) is 0. The molecule has 0 bridgehead atoms. The summed E-state index contributed by atoms with van der Waals surface area (Å²) in [5.74, 6) is 0. The Labute approximate surface area is 127 Å². The maximum absolute atomic E-state index is 12.5. The number of nitrogens with one attached hydrogen (secondary N) is 1. The molecule has 0 amide bonds. The van der Waals surface area contributed by atoms with Crippen molar-refractivity contribution in [1.82, 2.24) is 4.72 Å². The molecular weight excluding hydrogens is 282 g/mol. The molecule has 4 heteroatoms. The Kier molecular flexibility index (Phi) is 4.49. The average Bonchev–Trinajstić information content (AvgIpc) is 2.47. The van der Waals surface area contributed by atoms with Gasteiger partial charge in [-0.1, -0.05) is 49.4 Å². The molecule has 0 radical (unpaired) electrons. The van der Waals surface area contributed by atoms with E-state index in [-0.39, 0.29) is 0 Å². The molecule has 0 saturated carbocycles. The number of aryl methyl sites for hydroxylation is 1. The zero-order chi connectivity index (χ0) is 15.5. The van der Waals surface area contributed by atoms with Crippen LogP contribution < -0.4 is 4.72 Å². The Hall–Kier alpha value is -1.65. The smallest absolute Gasteiger partial charge is 0.207 e. The quantitative estimate of drug-likeness (QED) is 0.919. The van der Waals surface area contributed by atoms with E-state index < -0.39 is 15.6 Å². The molecule has 0 atom stereocenters. The Balaban J connectivity index is 2.28. The van der Waals surface area contributed by atoms with Gasteiger partial charge in [0.2, 0.25) is 10.0 Å². The third kappa shape index (κ3) is 3.71. The van der Waals surface area contributed by atoms with Gasteiger partial charge in [0.1, 0.15) is 0 Å². The van der Waals surface area contributed by atoms with E-state index in [1.54, 1.807) is 12.1 Å². The molecule has 0 heterocycles. The lowest BCUT2D eigenvalue weighted by molar-refractivity contribution is 0.472. The fourth-order valence-electron chi connectivity index (χ4n) is 2.21. The van der Waals surface area contributed by atoms with Crippen molar-refractivity contribution in [3.05, 3.63) is 65.7 Å². The van der Waals surface area contributed by atoms with Crippen LogP contribution in [0.1, 0.15) is 31.9 Å². The van der Waals surface area contributed by atoms with E-state index in [1.807, 2.05) is 63.2 Å². The molecule has 0 saturated heterocycles. The van der Waals surface area contributed by atoms with Gasteiger partial charge in [-0.3, -0.25) is 0 Å². The van der Waals surface area contributed by atoms with Crippen molar-refractivity contribution in [3.8, 4) is 0 Å². The number of hydrogen-bond acceptors (Lipinski definition) is 2. The molecule has 2 aromatic rings. The van der Waals surface area contributed by atoms with Gasteiger partial charge in [-0.05, 0) is 43.5 Å². The molecule has 0 fully saturated rings. The maximum Gasteiger partial charge on any atom is 0.241 e. The number of hydrogen-bond donors (Lipinski definition) is 1. The number of benzene rings is 2. The second-order valence-electron chi connectivity index (χ2n) is 5.59. The SMILES string of the molecule is CCc1ccc(S(=O)(=O)NC(C)(C)c2ccccc2)cc1. The van der Waals surface area contributed by atoms with Crippen molar-refractivity contribution in [3.63, 3.8) is 0 Å². The van der Waals surface area contributed by atoms with Crippen molar-refractivity contribution in [2.24, 2.45) is 0 Å². The molecule has 0 spiro atoms. The second-order valence-corrected chi connectivity index (χ2v) is 7.28. The van der Waals surface area contributed by atoms with Crippen molar-refractivity contribution < 1.29 is 8.42 Å². The summed E-state index contributed by atoms with van der Waals surface area (Å²) in [6.45, 7) is 5.76. The Morgan fingerprint density at radius 3 is 2.05 bits per heavy atom. The fraction of sp³-hybridized carbons (Fsp3) is 0.294. The summed E-state index contributed by atoms with van der Waals surface area (Å²) in [6, 6.07) is 16.6. The molecule has 0 unspecified atom stereocenters. The zero-order valence-electron chi connectivity index (χ0n) is 12.6. The van der Waals surface area contributed by atoms with Crippen LogP contribution in [0.15, 0.2) is 59.5 Å². The average molecular weight is 303 g/mol. The highest BCUT2D eigenvalue weighted by Crippen LogP contribution is 2.23. The molecule has 0 aromatic heterocycles. The maximum atomic E-state index is 12.5. The predicted molar refractivity (Wildman–Crippen MR) is 85.6 cm³/mol. The summed E-state index contributed by atoms with van der Waals surface area (Å²) in [4.78, 5) is 0.295. The summed E-state index contributed by atoms with van der Waals surface area (Å²) >= 11 is 0. The summed E-state index contributed by atoms with van der Waals surface area (Å²) in [5.41, 5.74) is 1.39. The van der Waals surface area contributed by atoms with Crippen molar-refractivity contribution in [1.29, 1.82) is 0 Å². The molecule has 2 rings (SSSR count). The first-order valence-electron chi connectivity index (χ1n) is 7.03. The van der Waals surface area contributed by atoms with E-state index in [9.17, 15) is 8.42 Å². The highest BCUT2D eigenvalue weighted by molar-refractivity contribution is 7.89. The van der Waals surface area contributed by atoms with E-state index in [0.29, 0.717) is 4.90 Å². The first-order valence-corrected chi connectivity index (χ1v) is 8.52. The Bertz CT molecular complexity index is 689. The van der Waals surface area contributed by atoms with Gasteiger partial charge in [-0.15, -0.1) is 0 Å². The van der Waals surface area contributed by atoms with Crippen LogP contribution in [0, 0.1) is 0 Å². The minimum absolute atomic E-state index is 0.295. The summed E-state index contributed by atoms with van der Waals surface area (Å²) in [7, 11) is -3.54. The predicted octanol–water partition coefficient (Wildman–Crippen LogP) is 3.46. The summed E-state index contributed by atoms with van der Waals surface area (Å²) < 4.78 is 27.8. The normalized spacial score (nSPS) is 12.3. The van der Waals surface area contributed by atoms with Gasteiger partial charge in [0.05, 0.1) is 10.4 Å².